The summed E-state index contributed by atoms with van der Waals surface area (Å²) >= 11 is 0. The van der Waals surface area contributed by atoms with Gasteiger partial charge in [-0.3, -0.25) is 4.90 Å². The summed E-state index contributed by atoms with van der Waals surface area (Å²) < 4.78 is 0. The second-order valence-corrected chi connectivity index (χ2v) is 4.15. The summed E-state index contributed by atoms with van der Waals surface area (Å²) in [7, 11) is 1.98. The quantitative estimate of drug-likeness (QED) is 0.579. The molecule has 1 unspecified atom stereocenters. The van der Waals surface area contributed by atoms with Crippen molar-refractivity contribution in [2.45, 2.75) is 33.7 Å². The first-order valence-electron chi connectivity index (χ1n) is 4.03. The summed E-state index contributed by atoms with van der Waals surface area (Å²) in [5.41, 5.74) is 0.248. The minimum Gasteiger partial charge on any atom is -0.302 e. The molecule has 0 amide bonds. The highest BCUT2D eigenvalue weighted by atomic mass is 16.1. The van der Waals surface area contributed by atoms with Gasteiger partial charge < -0.3 is 4.79 Å². The van der Waals surface area contributed by atoms with E-state index in [4.69, 9.17) is 0 Å². The van der Waals surface area contributed by atoms with Gasteiger partial charge in [-0.05, 0) is 19.4 Å². The van der Waals surface area contributed by atoms with Gasteiger partial charge in [-0.2, -0.15) is 0 Å². The van der Waals surface area contributed by atoms with Crippen LogP contribution in [0.3, 0.4) is 0 Å². The molecule has 2 heteroatoms. The number of nitrogens with zero attached hydrogens (tertiary/aromatic N) is 1. The van der Waals surface area contributed by atoms with E-state index in [0.29, 0.717) is 12.6 Å². The topological polar surface area (TPSA) is 20.3 Å². The normalized spacial score (nSPS) is 15.1. The van der Waals surface area contributed by atoms with Gasteiger partial charge in [-0.1, -0.05) is 20.8 Å². The number of likely N-dealkylation sites (N-methyl/N-ethyl adjacent to an activating group) is 1. The van der Waals surface area contributed by atoms with Crippen molar-refractivity contribution in [3.8, 4) is 0 Å². The van der Waals surface area contributed by atoms with Crippen molar-refractivity contribution >= 4 is 6.29 Å². The molecular formula is C9H19NO. The van der Waals surface area contributed by atoms with Gasteiger partial charge in [0, 0.05) is 6.04 Å². The lowest BCUT2D eigenvalue weighted by molar-refractivity contribution is -0.109. The minimum atomic E-state index is 0.248. The Balaban J connectivity index is 4.01. The highest BCUT2D eigenvalue weighted by Gasteiger charge is 2.22. The van der Waals surface area contributed by atoms with E-state index in [1.54, 1.807) is 0 Å². The third-order valence-corrected chi connectivity index (χ3v) is 2.28. The zero-order chi connectivity index (χ0) is 9.07. The number of rotatable bonds is 3. The van der Waals surface area contributed by atoms with Crippen molar-refractivity contribution in [2.75, 3.05) is 13.6 Å². The molecule has 0 aliphatic rings. The summed E-state index contributed by atoms with van der Waals surface area (Å²) in [4.78, 5) is 12.3. The largest absolute Gasteiger partial charge is 0.302 e. The minimum absolute atomic E-state index is 0.248. The molecule has 0 saturated carbocycles. The van der Waals surface area contributed by atoms with Gasteiger partial charge in [-0.15, -0.1) is 0 Å². The molecule has 0 aromatic rings. The van der Waals surface area contributed by atoms with Crippen LogP contribution in [0.2, 0.25) is 0 Å². The number of carbonyl (C=O) groups excluding carboxylic acids is 1. The molecule has 0 rings (SSSR count). The lowest BCUT2D eigenvalue weighted by atomic mass is 9.87. The number of hydrogen-bond acceptors (Lipinski definition) is 2. The maximum absolute atomic E-state index is 10.2. The zero-order valence-electron chi connectivity index (χ0n) is 8.22. The van der Waals surface area contributed by atoms with Crippen molar-refractivity contribution in [3.63, 3.8) is 0 Å². The number of hydrogen-bond donors (Lipinski definition) is 0. The van der Waals surface area contributed by atoms with Gasteiger partial charge in [0.2, 0.25) is 0 Å². The fraction of sp³-hybridized carbons (Fsp3) is 0.889. The molecule has 1 atom stereocenters. The van der Waals surface area contributed by atoms with E-state index in [-0.39, 0.29) is 5.41 Å². The predicted molar refractivity (Wildman–Crippen MR) is 47.6 cm³/mol. The third-order valence-electron chi connectivity index (χ3n) is 2.28. The Hall–Kier alpha value is -0.370. The SMILES string of the molecule is CC(N(C)CC=O)C(C)(C)C. The molecule has 0 aliphatic carbocycles. The van der Waals surface area contributed by atoms with E-state index in [1.807, 2.05) is 7.05 Å². The standard InChI is InChI=1S/C9H19NO/c1-8(9(2,3)4)10(5)6-7-11/h7-8H,6H2,1-5H3. The monoisotopic (exact) mass is 157 g/mol. The van der Waals surface area contributed by atoms with Gasteiger partial charge in [0.1, 0.15) is 6.29 Å². The van der Waals surface area contributed by atoms with Crippen LogP contribution in [0.25, 0.3) is 0 Å². The number of carbonyl (C=O) groups is 1. The summed E-state index contributed by atoms with van der Waals surface area (Å²) in [6, 6.07) is 0.438. The van der Waals surface area contributed by atoms with Crippen molar-refractivity contribution < 1.29 is 4.79 Å². The van der Waals surface area contributed by atoms with Crippen LogP contribution in [-0.2, 0) is 4.79 Å². The molecule has 0 bridgehead atoms. The van der Waals surface area contributed by atoms with Crippen molar-refractivity contribution in [2.24, 2.45) is 5.41 Å². The average molecular weight is 157 g/mol. The van der Waals surface area contributed by atoms with E-state index < -0.39 is 0 Å². The van der Waals surface area contributed by atoms with E-state index in [1.165, 1.54) is 0 Å². The summed E-state index contributed by atoms with van der Waals surface area (Å²) in [6.07, 6.45) is 0.947. The fourth-order valence-electron chi connectivity index (χ4n) is 0.937. The first-order valence-corrected chi connectivity index (χ1v) is 4.03. The molecule has 0 aromatic heterocycles. The van der Waals surface area contributed by atoms with Gasteiger partial charge in [0.15, 0.2) is 0 Å². The van der Waals surface area contributed by atoms with Gasteiger partial charge in [0.05, 0.1) is 6.54 Å². The Morgan fingerprint density at radius 3 is 2.18 bits per heavy atom. The molecule has 0 fully saturated rings. The summed E-state index contributed by atoms with van der Waals surface area (Å²) in [5, 5.41) is 0. The molecule has 0 radical (unpaired) electrons. The molecular weight excluding hydrogens is 138 g/mol. The van der Waals surface area contributed by atoms with Crippen molar-refractivity contribution in [1.82, 2.24) is 4.90 Å². The molecule has 0 aromatic carbocycles. The Labute approximate surface area is 69.6 Å². The lowest BCUT2D eigenvalue weighted by Crippen LogP contribution is -2.40. The lowest BCUT2D eigenvalue weighted by Gasteiger charge is -2.34. The van der Waals surface area contributed by atoms with Crippen LogP contribution in [0.15, 0.2) is 0 Å². The van der Waals surface area contributed by atoms with Crippen molar-refractivity contribution in [1.29, 1.82) is 0 Å². The number of aldehydes is 1. The molecule has 0 N–H and O–H groups in total. The van der Waals surface area contributed by atoms with Crippen LogP contribution in [0.1, 0.15) is 27.7 Å². The predicted octanol–water partition coefficient (Wildman–Crippen LogP) is 1.55. The fourth-order valence-corrected chi connectivity index (χ4v) is 0.937. The van der Waals surface area contributed by atoms with Crippen LogP contribution < -0.4 is 0 Å². The molecule has 66 valence electrons. The summed E-state index contributed by atoms with van der Waals surface area (Å²) in [6.45, 7) is 9.21. The molecule has 0 saturated heterocycles. The Morgan fingerprint density at radius 2 is 1.91 bits per heavy atom. The van der Waals surface area contributed by atoms with E-state index in [2.05, 4.69) is 32.6 Å². The van der Waals surface area contributed by atoms with Crippen LogP contribution in [-0.4, -0.2) is 30.8 Å². The van der Waals surface area contributed by atoms with Gasteiger partial charge >= 0.3 is 0 Å². The van der Waals surface area contributed by atoms with Crippen molar-refractivity contribution in [3.05, 3.63) is 0 Å². The summed E-state index contributed by atoms with van der Waals surface area (Å²) in [5.74, 6) is 0. The Kier molecular flexibility index (Phi) is 3.73. The molecule has 2 nitrogen and oxygen atoms in total. The highest BCUT2D eigenvalue weighted by Crippen LogP contribution is 2.22. The van der Waals surface area contributed by atoms with Gasteiger partial charge in [-0.25, -0.2) is 0 Å². The second kappa shape index (κ2) is 3.86. The second-order valence-electron chi connectivity index (χ2n) is 4.15. The smallest absolute Gasteiger partial charge is 0.133 e. The Morgan fingerprint density at radius 1 is 1.45 bits per heavy atom. The van der Waals surface area contributed by atoms with Crippen LogP contribution >= 0.6 is 0 Å². The van der Waals surface area contributed by atoms with E-state index >= 15 is 0 Å². The first-order chi connectivity index (χ1) is 4.89. The molecule has 0 spiro atoms. The van der Waals surface area contributed by atoms with E-state index in [0.717, 1.165) is 6.29 Å². The zero-order valence-corrected chi connectivity index (χ0v) is 8.22. The maximum Gasteiger partial charge on any atom is 0.133 e. The average Bonchev–Trinajstić information content (AvgIpc) is 1.85. The molecule has 11 heavy (non-hydrogen) atoms. The highest BCUT2D eigenvalue weighted by molar-refractivity contribution is 5.51. The van der Waals surface area contributed by atoms with Crippen LogP contribution in [0.5, 0.6) is 0 Å². The van der Waals surface area contributed by atoms with Crippen LogP contribution in [0, 0.1) is 5.41 Å². The van der Waals surface area contributed by atoms with Crippen LogP contribution in [0.4, 0.5) is 0 Å². The molecule has 0 aliphatic heterocycles. The Bertz CT molecular complexity index is 126. The van der Waals surface area contributed by atoms with E-state index in [9.17, 15) is 4.79 Å². The van der Waals surface area contributed by atoms with Gasteiger partial charge in [0.25, 0.3) is 0 Å². The maximum atomic E-state index is 10.2. The first kappa shape index (κ1) is 10.6. The molecule has 0 heterocycles. The third kappa shape index (κ3) is 3.51.